The molecular formula is C34H41N9O5. The number of hydrogen-bond donors (Lipinski definition) is 9. The molecule has 0 fully saturated rings. The summed E-state index contributed by atoms with van der Waals surface area (Å²) in [6.07, 6.45) is 8.20. The van der Waals surface area contributed by atoms with E-state index in [-0.39, 0.29) is 25.7 Å². The molecule has 4 unspecified atom stereocenters. The number of H-pyrrole nitrogens is 3. The summed E-state index contributed by atoms with van der Waals surface area (Å²) in [7, 11) is 0. The molecule has 48 heavy (non-hydrogen) atoms. The standard InChI is InChI=1S/C34H41N9O5/c35-12-6-5-11-28(41-31(44)25(36)15-22-18-37-19-40-22)32(45)42-29(13-20-16-38-26-9-3-1-7-23(20)26)33(46)43-30(34(47)48)14-21-17-39-27-10-4-2-8-24(21)27/h1-4,7-10,16-19,25,28-30,38-39H,5-6,11-15,35-36H2,(H,37,40)(H,41,44)(H,42,45)(H,43,46)(H,47,48). The molecule has 11 N–H and O–H groups in total. The fraction of sp³-hybridized carbons (Fsp3) is 0.324. The van der Waals surface area contributed by atoms with E-state index in [1.807, 2.05) is 48.5 Å². The van der Waals surface area contributed by atoms with Gasteiger partial charge in [0.2, 0.25) is 17.7 Å². The molecule has 3 aromatic heterocycles. The molecule has 4 atom stereocenters. The van der Waals surface area contributed by atoms with Gasteiger partial charge in [0.25, 0.3) is 0 Å². The molecule has 0 aliphatic heterocycles. The van der Waals surface area contributed by atoms with Crippen molar-refractivity contribution in [1.29, 1.82) is 0 Å². The number of nitrogens with zero attached hydrogens (tertiary/aromatic N) is 1. The number of nitrogens with one attached hydrogen (secondary N) is 6. The van der Waals surface area contributed by atoms with Crippen LogP contribution in [0.15, 0.2) is 73.4 Å². The van der Waals surface area contributed by atoms with Crippen LogP contribution in [0.5, 0.6) is 0 Å². The van der Waals surface area contributed by atoms with Gasteiger partial charge in [-0.1, -0.05) is 36.4 Å². The molecule has 0 saturated carbocycles. The predicted octanol–water partition coefficient (Wildman–Crippen LogP) is 1.40. The highest BCUT2D eigenvalue weighted by molar-refractivity contribution is 5.95. The van der Waals surface area contributed by atoms with Crippen LogP contribution in [0.3, 0.4) is 0 Å². The van der Waals surface area contributed by atoms with Gasteiger partial charge in [0.1, 0.15) is 18.1 Å². The second kappa shape index (κ2) is 15.9. The number of unbranched alkanes of at least 4 members (excludes halogenated alkanes) is 1. The summed E-state index contributed by atoms with van der Waals surface area (Å²) >= 11 is 0. The highest BCUT2D eigenvalue weighted by Gasteiger charge is 2.31. The number of rotatable bonds is 17. The van der Waals surface area contributed by atoms with Gasteiger partial charge in [-0.25, -0.2) is 9.78 Å². The fourth-order valence-electron chi connectivity index (χ4n) is 5.76. The van der Waals surface area contributed by atoms with Crippen LogP contribution in [-0.2, 0) is 38.4 Å². The molecule has 14 nitrogen and oxygen atoms in total. The molecule has 0 saturated heterocycles. The Kier molecular flexibility index (Phi) is 11.2. The summed E-state index contributed by atoms with van der Waals surface area (Å²) in [5, 5.41) is 20.0. The van der Waals surface area contributed by atoms with Crippen LogP contribution in [-0.4, -0.2) is 79.4 Å². The number of nitrogens with two attached hydrogens (primary N) is 2. The van der Waals surface area contributed by atoms with Crippen LogP contribution < -0.4 is 27.4 Å². The van der Waals surface area contributed by atoms with E-state index < -0.39 is 47.9 Å². The van der Waals surface area contributed by atoms with Gasteiger partial charge in [-0.3, -0.25) is 14.4 Å². The number of benzene rings is 2. The monoisotopic (exact) mass is 655 g/mol. The van der Waals surface area contributed by atoms with E-state index in [1.54, 1.807) is 18.6 Å². The van der Waals surface area contributed by atoms with E-state index in [4.69, 9.17) is 11.5 Å². The second-order valence-electron chi connectivity index (χ2n) is 11.8. The Morgan fingerprint density at radius 2 is 1.29 bits per heavy atom. The van der Waals surface area contributed by atoms with Crippen molar-refractivity contribution < 1.29 is 24.3 Å². The summed E-state index contributed by atoms with van der Waals surface area (Å²) in [5.74, 6) is -3.04. The minimum atomic E-state index is -1.28. The van der Waals surface area contributed by atoms with Crippen molar-refractivity contribution in [2.24, 2.45) is 11.5 Å². The summed E-state index contributed by atoms with van der Waals surface area (Å²) < 4.78 is 0. The van der Waals surface area contributed by atoms with E-state index in [9.17, 15) is 24.3 Å². The number of carboxylic acids is 1. The zero-order valence-electron chi connectivity index (χ0n) is 26.4. The van der Waals surface area contributed by atoms with E-state index in [0.29, 0.717) is 25.1 Å². The van der Waals surface area contributed by atoms with Gasteiger partial charge in [0.15, 0.2) is 0 Å². The lowest BCUT2D eigenvalue weighted by Crippen LogP contribution is -2.58. The number of aromatic nitrogens is 4. The van der Waals surface area contributed by atoms with Crippen LogP contribution in [0.4, 0.5) is 0 Å². The van der Waals surface area contributed by atoms with Crippen molar-refractivity contribution in [2.45, 2.75) is 62.7 Å². The lowest BCUT2D eigenvalue weighted by molar-refractivity contribution is -0.142. The molecular weight excluding hydrogens is 614 g/mol. The van der Waals surface area contributed by atoms with Crippen molar-refractivity contribution in [1.82, 2.24) is 35.9 Å². The first-order chi connectivity index (χ1) is 23.2. The third-order valence-electron chi connectivity index (χ3n) is 8.36. The van der Waals surface area contributed by atoms with Crippen LogP contribution >= 0.6 is 0 Å². The first kappa shape index (κ1) is 33.9. The van der Waals surface area contributed by atoms with Gasteiger partial charge in [-0.2, -0.15) is 0 Å². The maximum Gasteiger partial charge on any atom is 0.326 e. The fourth-order valence-corrected chi connectivity index (χ4v) is 5.76. The number of carbonyl (C=O) groups excluding carboxylic acids is 3. The quantitative estimate of drug-likeness (QED) is 0.0662. The number of carbonyl (C=O) groups is 4. The third-order valence-corrected chi connectivity index (χ3v) is 8.36. The minimum absolute atomic E-state index is 0.0187. The number of imidazole rings is 1. The minimum Gasteiger partial charge on any atom is -0.480 e. The SMILES string of the molecule is NCCCCC(NC(=O)C(N)Cc1cnc[nH]1)C(=O)NC(Cc1c[nH]c2ccccc12)C(=O)NC(Cc1c[nH]c2ccccc12)C(=O)O. The van der Waals surface area contributed by atoms with Crippen molar-refractivity contribution in [2.75, 3.05) is 6.54 Å². The Morgan fingerprint density at radius 3 is 1.88 bits per heavy atom. The molecule has 0 bridgehead atoms. The van der Waals surface area contributed by atoms with Crippen molar-refractivity contribution in [3.05, 3.63) is 90.3 Å². The largest absolute Gasteiger partial charge is 0.480 e. The first-order valence-corrected chi connectivity index (χ1v) is 15.9. The molecule has 0 spiro atoms. The molecule has 3 heterocycles. The molecule has 14 heteroatoms. The maximum absolute atomic E-state index is 13.9. The molecule has 5 aromatic rings. The highest BCUT2D eigenvalue weighted by atomic mass is 16.4. The molecule has 5 rings (SSSR count). The lowest BCUT2D eigenvalue weighted by Gasteiger charge is -2.25. The van der Waals surface area contributed by atoms with Crippen LogP contribution in [0, 0.1) is 0 Å². The van der Waals surface area contributed by atoms with Gasteiger partial charge < -0.3 is 47.5 Å². The van der Waals surface area contributed by atoms with Crippen LogP contribution in [0.2, 0.25) is 0 Å². The number of carboxylic acid groups (broad SMARTS) is 1. The first-order valence-electron chi connectivity index (χ1n) is 15.9. The molecule has 0 aliphatic carbocycles. The van der Waals surface area contributed by atoms with E-state index >= 15 is 0 Å². The van der Waals surface area contributed by atoms with E-state index in [0.717, 1.165) is 32.9 Å². The summed E-state index contributed by atoms with van der Waals surface area (Å²) in [5.41, 5.74) is 15.7. The van der Waals surface area contributed by atoms with E-state index in [2.05, 4.69) is 35.9 Å². The molecule has 2 aromatic carbocycles. The Morgan fingerprint density at radius 1 is 0.729 bits per heavy atom. The predicted molar refractivity (Wildman–Crippen MR) is 181 cm³/mol. The smallest absolute Gasteiger partial charge is 0.326 e. The topological polar surface area (TPSA) is 237 Å². The summed E-state index contributed by atoms with van der Waals surface area (Å²) in [6, 6.07) is 10.6. The van der Waals surface area contributed by atoms with E-state index in [1.165, 1.54) is 6.33 Å². The van der Waals surface area contributed by atoms with Crippen molar-refractivity contribution in [3.8, 4) is 0 Å². The van der Waals surface area contributed by atoms with Crippen molar-refractivity contribution in [3.63, 3.8) is 0 Å². The van der Waals surface area contributed by atoms with Crippen molar-refractivity contribution >= 4 is 45.5 Å². The van der Waals surface area contributed by atoms with Crippen LogP contribution in [0.25, 0.3) is 21.8 Å². The Bertz CT molecular complexity index is 1850. The normalized spacial score (nSPS) is 13.9. The molecule has 252 valence electrons. The van der Waals surface area contributed by atoms with Gasteiger partial charge in [-0.05, 0) is 49.1 Å². The molecule has 0 radical (unpaired) electrons. The number of aromatic amines is 3. The Hall–Kier alpha value is -5.47. The summed E-state index contributed by atoms with van der Waals surface area (Å²) in [4.78, 5) is 66.3. The zero-order chi connectivity index (χ0) is 34.0. The van der Waals surface area contributed by atoms with Gasteiger partial charge in [-0.15, -0.1) is 0 Å². The zero-order valence-corrected chi connectivity index (χ0v) is 26.4. The van der Waals surface area contributed by atoms with Crippen LogP contribution in [0.1, 0.15) is 36.1 Å². The second-order valence-corrected chi connectivity index (χ2v) is 11.8. The Balaban J connectivity index is 1.36. The number of para-hydroxylation sites is 2. The van der Waals surface area contributed by atoms with Gasteiger partial charge in [0.05, 0.1) is 12.4 Å². The Labute approximate surface area is 276 Å². The lowest BCUT2D eigenvalue weighted by atomic mass is 10.0. The molecule has 0 aliphatic rings. The van der Waals surface area contributed by atoms with Gasteiger partial charge >= 0.3 is 5.97 Å². The van der Waals surface area contributed by atoms with Gasteiger partial charge in [0, 0.05) is 65.4 Å². The highest BCUT2D eigenvalue weighted by Crippen LogP contribution is 2.21. The average Bonchev–Trinajstić information content (AvgIpc) is 3.84. The number of amides is 3. The average molecular weight is 656 g/mol. The number of aliphatic carboxylic acids is 1. The number of fused-ring (bicyclic) bond motifs is 2. The number of hydrogen-bond acceptors (Lipinski definition) is 7. The molecule has 3 amide bonds. The maximum atomic E-state index is 13.9. The summed E-state index contributed by atoms with van der Waals surface area (Å²) in [6.45, 7) is 0.403. The third kappa shape index (κ3) is 8.46.